The van der Waals surface area contributed by atoms with E-state index in [4.69, 9.17) is 9.84 Å². The minimum atomic E-state index is -0.952. The van der Waals surface area contributed by atoms with E-state index in [1.165, 1.54) is 4.90 Å². The Labute approximate surface area is 138 Å². The van der Waals surface area contributed by atoms with Crippen LogP contribution in [0.1, 0.15) is 6.42 Å². The molecule has 0 aromatic heterocycles. The number of hydrogen-bond acceptors (Lipinski definition) is 3. The average molecular weight is 422 g/mol. The van der Waals surface area contributed by atoms with Crippen molar-refractivity contribution in [2.45, 2.75) is 12.5 Å². The lowest BCUT2D eigenvalue weighted by molar-refractivity contribution is -0.139. The molecule has 2 rings (SSSR count). The molecule has 0 aliphatic carbocycles. The van der Waals surface area contributed by atoms with Crippen molar-refractivity contribution in [2.75, 3.05) is 25.1 Å². The van der Waals surface area contributed by atoms with Crippen molar-refractivity contribution in [3.63, 3.8) is 0 Å². The summed E-state index contributed by atoms with van der Waals surface area (Å²) in [5.41, 5.74) is 0.620. The Morgan fingerprint density at radius 3 is 2.90 bits per heavy atom. The van der Waals surface area contributed by atoms with Gasteiger partial charge in [-0.3, -0.25) is 4.79 Å². The summed E-state index contributed by atoms with van der Waals surface area (Å²) in [6.07, 6.45) is -0.132. The highest BCUT2D eigenvalue weighted by Gasteiger charge is 2.29. The van der Waals surface area contributed by atoms with Gasteiger partial charge in [0.2, 0.25) is 0 Å². The van der Waals surface area contributed by atoms with E-state index in [0.29, 0.717) is 18.8 Å². The number of aliphatic carboxylic acids is 1. The van der Waals surface area contributed by atoms with Crippen LogP contribution in [0, 0.1) is 0 Å². The van der Waals surface area contributed by atoms with Gasteiger partial charge in [0.1, 0.15) is 0 Å². The topological polar surface area (TPSA) is 78.9 Å². The number of carbonyl (C=O) groups is 2. The highest BCUT2D eigenvalue weighted by atomic mass is 79.9. The van der Waals surface area contributed by atoms with E-state index in [1.54, 1.807) is 6.07 Å². The lowest BCUT2D eigenvalue weighted by atomic mass is 10.1. The molecule has 0 spiro atoms. The highest BCUT2D eigenvalue weighted by molar-refractivity contribution is 9.11. The Hall–Kier alpha value is -1.12. The van der Waals surface area contributed by atoms with Gasteiger partial charge < -0.3 is 20.1 Å². The maximum Gasteiger partial charge on any atom is 0.322 e. The van der Waals surface area contributed by atoms with Crippen molar-refractivity contribution in [3.8, 4) is 0 Å². The normalized spacial score (nSPS) is 18.4. The number of carboxylic acid groups (broad SMARTS) is 1. The molecule has 0 radical (unpaired) electrons. The molecule has 1 heterocycles. The van der Waals surface area contributed by atoms with Crippen LogP contribution in [0.4, 0.5) is 10.5 Å². The standard InChI is InChI=1S/C13H14Br2N2O4/c14-8-1-2-10(15)11(5-8)16-13(20)17-3-4-21-7-9(17)6-12(18)19/h1-2,5,9H,3-4,6-7H2,(H,16,20)(H,18,19). The van der Waals surface area contributed by atoms with E-state index in [0.717, 1.165) is 8.95 Å². The molecule has 114 valence electrons. The first-order valence-corrected chi connectivity index (χ1v) is 7.88. The number of ether oxygens (including phenoxy) is 1. The molecule has 1 atom stereocenters. The van der Waals surface area contributed by atoms with Gasteiger partial charge in [0.05, 0.1) is 31.4 Å². The summed E-state index contributed by atoms with van der Waals surface area (Å²) in [6.45, 7) is 1.01. The molecular formula is C13H14Br2N2O4. The Morgan fingerprint density at radius 1 is 1.43 bits per heavy atom. The predicted molar refractivity (Wildman–Crippen MR) is 84.4 cm³/mol. The van der Waals surface area contributed by atoms with Crippen molar-refractivity contribution >= 4 is 49.5 Å². The maximum absolute atomic E-state index is 12.4. The second-order valence-electron chi connectivity index (χ2n) is 4.57. The van der Waals surface area contributed by atoms with Crippen LogP contribution in [0.2, 0.25) is 0 Å². The monoisotopic (exact) mass is 420 g/mol. The minimum Gasteiger partial charge on any atom is -0.481 e. The van der Waals surface area contributed by atoms with Crippen molar-refractivity contribution in [1.82, 2.24) is 4.90 Å². The number of nitrogens with zero attached hydrogens (tertiary/aromatic N) is 1. The molecule has 1 saturated heterocycles. The van der Waals surface area contributed by atoms with Gasteiger partial charge in [-0.1, -0.05) is 15.9 Å². The molecular weight excluding hydrogens is 408 g/mol. The summed E-state index contributed by atoms with van der Waals surface area (Å²) in [7, 11) is 0. The second-order valence-corrected chi connectivity index (χ2v) is 6.34. The van der Waals surface area contributed by atoms with Gasteiger partial charge in [-0.05, 0) is 34.1 Å². The highest BCUT2D eigenvalue weighted by Crippen LogP contribution is 2.26. The van der Waals surface area contributed by atoms with Gasteiger partial charge in [-0.25, -0.2) is 4.79 Å². The van der Waals surface area contributed by atoms with Crippen LogP contribution in [-0.2, 0) is 9.53 Å². The molecule has 1 aliphatic heterocycles. The predicted octanol–water partition coefficient (Wildman–Crippen LogP) is 2.92. The smallest absolute Gasteiger partial charge is 0.322 e. The van der Waals surface area contributed by atoms with E-state index >= 15 is 0 Å². The third-order valence-corrected chi connectivity index (χ3v) is 4.25. The number of carbonyl (C=O) groups excluding carboxylic acids is 1. The molecule has 8 heteroatoms. The molecule has 0 bridgehead atoms. The first kappa shape index (κ1) is 16.3. The summed E-state index contributed by atoms with van der Waals surface area (Å²) in [6, 6.07) is 4.65. The van der Waals surface area contributed by atoms with E-state index < -0.39 is 12.0 Å². The third-order valence-electron chi connectivity index (χ3n) is 3.07. The number of anilines is 1. The lowest BCUT2D eigenvalue weighted by Crippen LogP contribution is -2.51. The van der Waals surface area contributed by atoms with Gasteiger partial charge in [-0.2, -0.15) is 0 Å². The molecule has 1 aromatic rings. The van der Waals surface area contributed by atoms with Crippen LogP contribution < -0.4 is 5.32 Å². The van der Waals surface area contributed by atoms with Crippen LogP contribution >= 0.6 is 31.9 Å². The Bertz CT molecular complexity index is 553. The minimum absolute atomic E-state index is 0.132. The molecule has 2 N–H and O–H groups in total. The molecule has 1 aliphatic rings. The SMILES string of the molecule is O=C(O)CC1COCCN1C(=O)Nc1cc(Br)ccc1Br. The van der Waals surface area contributed by atoms with E-state index in [-0.39, 0.29) is 19.1 Å². The fourth-order valence-electron chi connectivity index (χ4n) is 2.07. The van der Waals surface area contributed by atoms with Gasteiger partial charge in [0, 0.05) is 15.5 Å². The zero-order chi connectivity index (χ0) is 15.4. The van der Waals surface area contributed by atoms with Crippen LogP contribution in [0.25, 0.3) is 0 Å². The largest absolute Gasteiger partial charge is 0.481 e. The first-order chi connectivity index (χ1) is 9.97. The number of morpholine rings is 1. The maximum atomic E-state index is 12.4. The van der Waals surface area contributed by atoms with E-state index in [1.807, 2.05) is 12.1 Å². The Kier molecular flexibility index (Phi) is 5.60. The zero-order valence-corrected chi connectivity index (χ0v) is 14.2. The summed E-state index contributed by atoms with van der Waals surface area (Å²) < 4.78 is 6.84. The first-order valence-electron chi connectivity index (χ1n) is 6.29. The van der Waals surface area contributed by atoms with Crippen LogP contribution in [0.5, 0.6) is 0 Å². The molecule has 1 fully saturated rings. The van der Waals surface area contributed by atoms with Crippen molar-refractivity contribution in [3.05, 3.63) is 27.1 Å². The molecule has 0 saturated carbocycles. The zero-order valence-electron chi connectivity index (χ0n) is 11.0. The van der Waals surface area contributed by atoms with Crippen LogP contribution in [0.15, 0.2) is 27.1 Å². The molecule has 2 amide bonds. The van der Waals surface area contributed by atoms with Gasteiger partial charge in [0.25, 0.3) is 0 Å². The van der Waals surface area contributed by atoms with Crippen molar-refractivity contribution < 1.29 is 19.4 Å². The van der Waals surface area contributed by atoms with E-state index in [2.05, 4.69) is 37.2 Å². The number of hydrogen-bond donors (Lipinski definition) is 2. The average Bonchev–Trinajstić information content (AvgIpc) is 2.42. The number of halogens is 2. The Morgan fingerprint density at radius 2 is 2.19 bits per heavy atom. The number of benzene rings is 1. The molecule has 1 unspecified atom stereocenters. The molecule has 21 heavy (non-hydrogen) atoms. The lowest BCUT2D eigenvalue weighted by Gasteiger charge is -2.34. The van der Waals surface area contributed by atoms with Crippen LogP contribution in [-0.4, -0.2) is 47.8 Å². The van der Waals surface area contributed by atoms with Gasteiger partial charge >= 0.3 is 12.0 Å². The van der Waals surface area contributed by atoms with Gasteiger partial charge in [0.15, 0.2) is 0 Å². The fraction of sp³-hybridized carbons (Fsp3) is 0.385. The molecule has 6 nitrogen and oxygen atoms in total. The van der Waals surface area contributed by atoms with Crippen LogP contribution in [0.3, 0.4) is 0 Å². The quantitative estimate of drug-likeness (QED) is 0.786. The van der Waals surface area contributed by atoms with Crippen molar-refractivity contribution in [2.24, 2.45) is 0 Å². The Balaban J connectivity index is 2.10. The number of nitrogens with one attached hydrogen (secondary N) is 1. The van der Waals surface area contributed by atoms with Crippen molar-refractivity contribution in [1.29, 1.82) is 0 Å². The third kappa shape index (κ3) is 4.42. The summed E-state index contributed by atoms with van der Waals surface area (Å²) >= 11 is 6.71. The van der Waals surface area contributed by atoms with Gasteiger partial charge in [-0.15, -0.1) is 0 Å². The second kappa shape index (κ2) is 7.24. The molecule has 1 aromatic carbocycles. The number of urea groups is 1. The summed E-state index contributed by atoms with van der Waals surface area (Å²) in [5, 5.41) is 11.7. The summed E-state index contributed by atoms with van der Waals surface area (Å²) in [4.78, 5) is 24.7. The number of rotatable bonds is 3. The fourth-order valence-corrected chi connectivity index (χ4v) is 2.78. The van der Waals surface area contributed by atoms with E-state index in [9.17, 15) is 9.59 Å². The summed E-state index contributed by atoms with van der Waals surface area (Å²) in [5.74, 6) is -0.952. The number of amides is 2. The number of carboxylic acids is 1.